The van der Waals surface area contributed by atoms with Gasteiger partial charge in [0.05, 0.1) is 10.6 Å². The van der Waals surface area contributed by atoms with Crippen LogP contribution in [0.5, 0.6) is 0 Å². The molecule has 0 atom stereocenters. The van der Waals surface area contributed by atoms with Gasteiger partial charge in [-0.1, -0.05) is 18.2 Å². The SMILES string of the molecule is O=C(Nc1ccccc1F)c1cccc(S(=O)(=O)NC2CCOCC2)c1. The topological polar surface area (TPSA) is 84.5 Å². The van der Waals surface area contributed by atoms with Crippen LogP contribution >= 0.6 is 0 Å². The third-order valence-corrected chi connectivity index (χ3v) is 5.59. The number of hydrogen-bond acceptors (Lipinski definition) is 4. The van der Waals surface area contributed by atoms with Crippen molar-refractivity contribution in [2.75, 3.05) is 18.5 Å². The molecule has 2 aromatic carbocycles. The van der Waals surface area contributed by atoms with Crippen molar-refractivity contribution in [3.05, 3.63) is 59.9 Å². The third-order valence-electron chi connectivity index (χ3n) is 4.07. The first-order valence-electron chi connectivity index (χ1n) is 8.22. The lowest BCUT2D eigenvalue weighted by Gasteiger charge is -2.23. The highest BCUT2D eigenvalue weighted by Crippen LogP contribution is 2.17. The lowest BCUT2D eigenvalue weighted by atomic mass is 10.1. The van der Waals surface area contributed by atoms with Crippen LogP contribution in [-0.2, 0) is 14.8 Å². The number of para-hydroxylation sites is 1. The monoisotopic (exact) mass is 378 g/mol. The number of benzene rings is 2. The number of amides is 1. The van der Waals surface area contributed by atoms with Gasteiger partial charge in [0.15, 0.2) is 0 Å². The largest absolute Gasteiger partial charge is 0.381 e. The van der Waals surface area contributed by atoms with E-state index in [1.165, 1.54) is 42.5 Å². The fourth-order valence-electron chi connectivity index (χ4n) is 2.66. The number of carbonyl (C=O) groups is 1. The van der Waals surface area contributed by atoms with E-state index in [1.807, 2.05) is 0 Å². The summed E-state index contributed by atoms with van der Waals surface area (Å²) >= 11 is 0. The average molecular weight is 378 g/mol. The number of ether oxygens (including phenoxy) is 1. The molecular weight excluding hydrogens is 359 g/mol. The van der Waals surface area contributed by atoms with Crippen LogP contribution in [0.2, 0.25) is 0 Å². The van der Waals surface area contributed by atoms with E-state index in [2.05, 4.69) is 10.0 Å². The van der Waals surface area contributed by atoms with Crippen LogP contribution in [0, 0.1) is 5.82 Å². The van der Waals surface area contributed by atoms with Gasteiger partial charge < -0.3 is 10.1 Å². The van der Waals surface area contributed by atoms with Gasteiger partial charge in [0.1, 0.15) is 5.82 Å². The maximum atomic E-state index is 13.7. The standard InChI is InChI=1S/C18H19FN2O4S/c19-16-6-1-2-7-17(16)20-18(22)13-4-3-5-15(12-13)26(23,24)21-14-8-10-25-11-9-14/h1-7,12,14,21H,8-11H2,(H,20,22). The Morgan fingerprint density at radius 1 is 1.08 bits per heavy atom. The average Bonchev–Trinajstić information content (AvgIpc) is 2.64. The van der Waals surface area contributed by atoms with E-state index >= 15 is 0 Å². The van der Waals surface area contributed by atoms with E-state index in [0.717, 1.165) is 0 Å². The molecule has 0 bridgehead atoms. The Labute approximate surface area is 151 Å². The van der Waals surface area contributed by atoms with Crippen LogP contribution < -0.4 is 10.0 Å². The van der Waals surface area contributed by atoms with Gasteiger partial charge >= 0.3 is 0 Å². The predicted octanol–water partition coefficient (Wildman–Crippen LogP) is 2.54. The summed E-state index contributed by atoms with van der Waals surface area (Å²) in [5, 5.41) is 2.44. The van der Waals surface area contributed by atoms with E-state index < -0.39 is 21.7 Å². The lowest BCUT2D eigenvalue weighted by Crippen LogP contribution is -2.38. The summed E-state index contributed by atoms with van der Waals surface area (Å²) in [6, 6.07) is 11.2. The zero-order valence-corrected chi connectivity index (χ0v) is 14.8. The molecule has 0 saturated carbocycles. The molecule has 1 amide bonds. The fourth-order valence-corrected chi connectivity index (χ4v) is 4.01. The molecule has 6 nitrogen and oxygen atoms in total. The second kappa shape index (κ2) is 7.94. The first-order chi connectivity index (χ1) is 12.5. The van der Waals surface area contributed by atoms with Crippen molar-refractivity contribution in [3.8, 4) is 0 Å². The van der Waals surface area contributed by atoms with Gasteiger partial charge in [-0.15, -0.1) is 0 Å². The minimum Gasteiger partial charge on any atom is -0.381 e. The van der Waals surface area contributed by atoms with E-state index in [0.29, 0.717) is 26.1 Å². The van der Waals surface area contributed by atoms with Crippen LogP contribution in [0.25, 0.3) is 0 Å². The van der Waals surface area contributed by atoms with Crippen molar-refractivity contribution >= 4 is 21.6 Å². The molecule has 1 fully saturated rings. The summed E-state index contributed by atoms with van der Waals surface area (Å²) in [4.78, 5) is 12.3. The summed E-state index contributed by atoms with van der Waals surface area (Å²) < 4.78 is 46.6. The third kappa shape index (κ3) is 4.46. The molecule has 0 aliphatic carbocycles. The van der Waals surface area contributed by atoms with Crippen molar-refractivity contribution in [1.82, 2.24) is 4.72 Å². The van der Waals surface area contributed by atoms with Gasteiger partial charge in [-0.25, -0.2) is 17.5 Å². The Bertz CT molecular complexity index is 896. The Kier molecular flexibility index (Phi) is 5.65. The normalized spacial score (nSPS) is 15.6. The maximum Gasteiger partial charge on any atom is 0.255 e. The lowest BCUT2D eigenvalue weighted by molar-refractivity contribution is 0.0832. The molecule has 1 aliphatic heterocycles. The Hall–Kier alpha value is -2.29. The van der Waals surface area contributed by atoms with E-state index in [9.17, 15) is 17.6 Å². The summed E-state index contributed by atoms with van der Waals surface area (Å²) in [6.07, 6.45) is 1.21. The molecular formula is C18H19FN2O4S. The molecule has 3 rings (SSSR count). The zero-order valence-electron chi connectivity index (χ0n) is 13.9. The molecule has 0 aromatic heterocycles. The number of sulfonamides is 1. The van der Waals surface area contributed by atoms with Crippen LogP contribution in [-0.4, -0.2) is 33.6 Å². The Morgan fingerprint density at radius 2 is 1.81 bits per heavy atom. The molecule has 0 spiro atoms. The molecule has 2 N–H and O–H groups in total. The molecule has 2 aromatic rings. The van der Waals surface area contributed by atoms with Crippen molar-refractivity contribution in [2.24, 2.45) is 0 Å². The second-order valence-electron chi connectivity index (χ2n) is 5.97. The van der Waals surface area contributed by atoms with Crippen LogP contribution in [0.1, 0.15) is 23.2 Å². The molecule has 1 saturated heterocycles. The highest BCUT2D eigenvalue weighted by atomic mass is 32.2. The van der Waals surface area contributed by atoms with Gasteiger partial charge in [-0.05, 0) is 43.2 Å². The predicted molar refractivity (Wildman–Crippen MR) is 95.0 cm³/mol. The Morgan fingerprint density at radius 3 is 2.54 bits per heavy atom. The minimum atomic E-state index is -3.76. The second-order valence-corrected chi connectivity index (χ2v) is 7.68. The van der Waals surface area contributed by atoms with Gasteiger partial charge in [0, 0.05) is 24.8 Å². The minimum absolute atomic E-state index is 0.00910. The first kappa shape index (κ1) is 18.5. The van der Waals surface area contributed by atoms with Crippen LogP contribution in [0.15, 0.2) is 53.4 Å². The van der Waals surface area contributed by atoms with Crippen LogP contribution in [0.4, 0.5) is 10.1 Å². The summed E-state index contributed by atoms with van der Waals surface area (Å²) in [6.45, 7) is 1.02. The van der Waals surface area contributed by atoms with E-state index in [4.69, 9.17) is 4.74 Å². The maximum absolute atomic E-state index is 13.7. The van der Waals surface area contributed by atoms with Gasteiger partial charge in [0.25, 0.3) is 5.91 Å². The number of nitrogens with one attached hydrogen (secondary N) is 2. The smallest absolute Gasteiger partial charge is 0.255 e. The highest BCUT2D eigenvalue weighted by Gasteiger charge is 2.23. The number of anilines is 1. The molecule has 0 unspecified atom stereocenters. The summed E-state index contributed by atoms with van der Waals surface area (Å²) in [5.41, 5.74) is 0.161. The summed E-state index contributed by atoms with van der Waals surface area (Å²) in [5.74, 6) is -1.15. The molecule has 26 heavy (non-hydrogen) atoms. The molecule has 1 aliphatic rings. The molecule has 138 valence electrons. The van der Waals surface area contributed by atoms with E-state index in [1.54, 1.807) is 6.07 Å². The Balaban J connectivity index is 1.76. The number of rotatable bonds is 5. The van der Waals surface area contributed by atoms with Crippen molar-refractivity contribution in [2.45, 2.75) is 23.8 Å². The number of hydrogen-bond donors (Lipinski definition) is 2. The van der Waals surface area contributed by atoms with Crippen molar-refractivity contribution < 1.29 is 22.3 Å². The molecule has 8 heteroatoms. The van der Waals surface area contributed by atoms with Gasteiger partial charge in [-0.2, -0.15) is 0 Å². The van der Waals surface area contributed by atoms with E-state index in [-0.39, 0.29) is 22.2 Å². The molecule has 0 radical (unpaired) electrons. The fraction of sp³-hybridized carbons (Fsp3) is 0.278. The van der Waals surface area contributed by atoms with Gasteiger partial charge in [-0.3, -0.25) is 4.79 Å². The quantitative estimate of drug-likeness (QED) is 0.837. The first-order valence-corrected chi connectivity index (χ1v) is 9.70. The highest BCUT2D eigenvalue weighted by molar-refractivity contribution is 7.89. The summed E-state index contributed by atoms with van der Waals surface area (Å²) in [7, 11) is -3.76. The number of carbonyl (C=O) groups excluding carboxylic acids is 1. The van der Waals surface area contributed by atoms with Crippen molar-refractivity contribution in [1.29, 1.82) is 0 Å². The van der Waals surface area contributed by atoms with Gasteiger partial charge in [0.2, 0.25) is 10.0 Å². The zero-order chi connectivity index (χ0) is 18.6. The van der Waals surface area contributed by atoms with Crippen molar-refractivity contribution in [3.63, 3.8) is 0 Å². The number of halogens is 1. The molecule has 1 heterocycles. The van der Waals surface area contributed by atoms with Crippen LogP contribution in [0.3, 0.4) is 0 Å².